The molecular formula is C9H14Cl2N2. The van der Waals surface area contributed by atoms with Crippen LogP contribution in [0.2, 0.25) is 0 Å². The molecule has 0 amide bonds. The molecule has 0 aromatic heterocycles. The standard InChI is InChI=1S/C9H14Cl2N2/c10-1-9(11)6-13-4-7-2-12-3-8(7)5-13/h1,7-8,12H,2-6H2/b9-1+/t7-,8+. The second kappa shape index (κ2) is 4.18. The SMILES string of the molecule is Cl/C=C(/Cl)CN1C[C@H]2CNC[C@H]2C1. The van der Waals surface area contributed by atoms with Crippen LogP contribution in [0, 0.1) is 11.8 Å². The average Bonchev–Trinajstić information content (AvgIpc) is 2.63. The van der Waals surface area contributed by atoms with Gasteiger partial charge in [0.1, 0.15) is 0 Å². The topological polar surface area (TPSA) is 15.3 Å². The highest BCUT2D eigenvalue weighted by Crippen LogP contribution is 2.27. The van der Waals surface area contributed by atoms with E-state index in [0.29, 0.717) is 0 Å². The van der Waals surface area contributed by atoms with E-state index in [4.69, 9.17) is 23.2 Å². The first kappa shape index (κ1) is 9.78. The van der Waals surface area contributed by atoms with Crippen LogP contribution in [0.5, 0.6) is 0 Å². The van der Waals surface area contributed by atoms with Crippen LogP contribution < -0.4 is 5.32 Å². The zero-order valence-electron chi connectivity index (χ0n) is 7.47. The zero-order valence-corrected chi connectivity index (χ0v) is 8.98. The molecule has 2 heterocycles. The molecule has 0 unspecified atom stereocenters. The summed E-state index contributed by atoms with van der Waals surface area (Å²) >= 11 is 11.4. The summed E-state index contributed by atoms with van der Waals surface area (Å²) in [5, 5.41) is 4.16. The molecule has 13 heavy (non-hydrogen) atoms. The molecule has 2 fully saturated rings. The van der Waals surface area contributed by atoms with Gasteiger partial charge in [0.15, 0.2) is 0 Å². The lowest BCUT2D eigenvalue weighted by atomic mass is 10.0. The van der Waals surface area contributed by atoms with E-state index in [-0.39, 0.29) is 0 Å². The molecule has 0 radical (unpaired) electrons. The smallest absolute Gasteiger partial charge is 0.0434 e. The normalized spacial score (nSPS) is 35.4. The maximum absolute atomic E-state index is 5.87. The van der Waals surface area contributed by atoms with E-state index in [1.165, 1.54) is 31.7 Å². The van der Waals surface area contributed by atoms with Crippen LogP contribution in [0.15, 0.2) is 10.6 Å². The third-order valence-electron chi connectivity index (χ3n) is 2.96. The minimum Gasteiger partial charge on any atom is -0.316 e. The maximum atomic E-state index is 5.87. The van der Waals surface area contributed by atoms with E-state index < -0.39 is 0 Å². The first-order chi connectivity index (χ1) is 6.29. The summed E-state index contributed by atoms with van der Waals surface area (Å²) in [7, 11) is 0. The fourth-order valence-corrected chi connectivity index (χ4v) is 2.57. The average molecular weight is 221 g/mol. The second-order valence-electron chi connectivity index (χ2n) is 3.93. The molecule has 4 heteroatoms. The van der Waals surface area contributed by atoms with E-state index in [0.717, 1.165) is 23.4 Å². The molecule has 0 aromatic carbocycles. The van der Waals surface area contributed by atoms with E-state index in [9.17, 15) is 0 Å². The Morgan fingerprint density at radius 3 is 2.54 bits per heavy atom. The Hall–Kier alpha value is 0.240. The van der Waals surface area contributed by atoms with Crippen molar-refractivity contribution < 1.29 is 0 Å². The molecule has 2 saturated heterocycles. The lowest BCUT2D eigenvalue weighted by molar-refractivity contribution is 0.344. The van der Waals surface area contributed by atoms with E-state index in [1.807, 2.05) is 0 Å². The van der Waals surface area contributed by atoms with Gasteiger partial charge in [0, 0.05) is 30.2 Å². The van der Waals surface area contributed by atoms with Crippen LogP contribution in [0.25, 0.3) is 0 Å². The van der Waals surface area contributed by atoms with Gasteiger partial charge in [-0.2, -0.15) is 0 Å². The summed E-state index contributed by atoms with van der Waals surface area (Å²) in [6, 6.07) is 0. The number of hydrogen-bond acceptors (Lipinski definition) is 2. The van der Waals surface area contributed by atoms with Crippen LogP contribution in [-0.4, -0.2) is 37.6 Å². The Balaban J connectivity index is 1.85. The largest absolute Gasteiger partial charge is 0.316 e. The number of hydrogen-bond donors (Lipinski definition) is 1. The first-order valence-electron chi connectivity index (χ1n) is 4.67. The van der Waals surface area contributed by atoms with Crippen molar-refractivity contribution in [2.75, 3.05) is 32.7 Å². The number of fused-ring (bicyclic) bond motifs is 1. The van der Waals surface area contributed by atoms with Gasteiger partial charge in [0.2, 0.25) is 0 Å². The highest BCUT2D eigenvalue weighted by Gasteiger charge is 2.35. The molecular weight excluding hydrogens is 207 g/mol. The van der Waals surface area contributed by atoms with E-state index >= 15 is 0 Å². The van der Waals surface area contributed by atoms with Gasteiger partial charge in [-0.3, -0.25) is 4.90 Å². The van der Waals surface area contributed by atoms with Crippen LogP contribution in [0.3, 0.4) is 0 Å². The molecule has 2 atom stereocenters. The van der Waals surface area contributed by atoms with E-state index in [2.05, 4.69) is 10.2 Å². The highest BCUT2D eigenvalue weighted by atomic mass is 35.5. The van der Waals surface area contributed by atoms with Crippen molar-refractivity contribution in [2.24, 2.45) is 11.8 Å². The Morgan fingerprint density at radius 2 is 2.00 bits per heavy atom. The van der Waals surface area contributed by atoms with Crippen LogP contribution in [0.4, 0.5) is 0 Å². The highest BCUT2D eigenvalue weighted by molar-refractivity contribution is 6.36. The number of halogens is 2. The van der Waals surface area contributed by atoms with Gasteiger partial charge in [-0.05, 0) is 24.9 Å². The second-order valence-corrected chi connectivity index (χ2v) is 4.63. The molecule has 0 spiro atoms. The molecule has 2 rings (SSSR count). The van der Waals surface area contributed by atoms with Crippen molar-refractivity contribution in [3.8, 4) is 0 Å². The number of rotatable bonds is 2. The molecule has 2 nitrogen and oxygen atoms in total. The van der Waals surface area contributed by atoms with Gasteiger partial charge in [0.05, 0.1) is 0 Å². The van der Waals surface area contributed by atoms with Gasteiger partial charge in [-0.15, -0.1) is 0 Å². The van der Waals surface area contributed by atoms with Crippen molar-refractivity contribution in [2.45, 2.75) is 0 Å². The predicted molar refractivity (Wildman–Crippen MR) is 56.1 cm³/mol. The Morgan fingerprint density at radius 1 is 1.38 bits per heavy atom. The minimum absolute atomic E-state index is 0.745. The van der Waals surface area contributed by atoms with Gasteiger partial charge in [-0.25, -0.2) is 0 Å². The molecule has 0 saturated carbocycles. The number of likely N-dealkylation sites (tertiary alicyclic amines) is 1. The number of nitrogens with one attached hydrogen (secondary N) is 1. The fraction of sp³-hybridized carbons (Fsp3) is 0.778. The summed E-state index contributed by atoms with van der Waals surface area (Å²) in [6.07, 6.45) is 0. The predicted octanol–water partition coefficient (Wildman–Crippen LogP) is 1.46. The Kier molecular flexibility index (Phi) is 3.14. The summed E-state index contributed by atoms with van der Waals surface area (Å²) in [4.78, 5) is 2.39. The van der Waals surface area contributed by atoms with Crippen molar-refractivity contribution in [1.82, 2.24) is 10.2 Å². The minimum atomic E-state index is 0.745. The first-order valence-corrected chi connectivity index (χ1v) is 5.49. The van der Waals surface area contributed by atoms with Gasteiger partial charge in [0.25, 0.3) is 0 Å². The summed E-state index contributed by atoms with van der Waals surface area (Å²) in [5.41, 5.74) is 1.47. The quantitative estimate of drug-likeness (QED) is 0.759. The summed E-state index contributed by atoms with van der Waals surface area (Å²) in [5.74, 6) is 1.67. The van der Waals surface area contributed by atoms with Crippen LogP contribution in [0.1, 0.15) is 0 Å². The molecule has 1 N–H and O–H groups in total. The molecule has 0 bridgehead atoms. The van der Waals surface area contributed by atoms with E-state index in [1.54, 1.807) is 0 Å². The number of nitrogens with zero attached hydrogens (tertiary/aromatic N) is 1. The molecule has 2 aliphatic rings. The van der Waals surface area contributed by atoms with Crippen molar-refractivity contribution in [1.29, 1.82) is 0 Å². The zero-order chi connectivity index (χ0) is 9.26. The van der Waals surface area contributed by atoms with Crippen molar-refractivity contribution in [3.05, 3.63) is 10.6 Å². The molecule has 0 aliphatic carbocycles. The van der Waals surface area contributed by atoms with Gasteiger partial charge >= 0.3 is 0 Å². The fourth-order valence-electron chi connectivity index (χ4n) is 2.33. The Bertz CT molecular complexity index is 206. The molecule has 0 aromatic rings. The summed E-state index contributed by atoms with van der Waals surface area (Å²) < 4.78 is 0. The van der Waals surface area contributed by atoms with Gasteiger partial charge in [-0.1, -0.05) is 23.2 Å². The molecule has 74 valence electrons. The lowest BCUT2D eigenvalue weighted by Crippen LogP contribution is -2.26. The van der Waals surface area contributed by atoms with Crippen molar-refractivity contribution >= 4 is 23.2 Å². The van der Waals surface area contributed by atoms with Crippen LogP contribution in [-0.2, 0) is 0 Å². The van der Waals surface area contributed by atoms with Crippen molar-refractivity contribution in [3.63, 3.8) is 0 Å². The third-order valence-corrected chi connectivity index (χ3v) is 3.56. The van der Waals surface area contributed by atoms with Crippen LogP contribution >= 0.6 is 23.2 Å². The summed E-state index contributed by atoms with van der Waals surface area (Å²) in [6.45, 7) is 5.49. The monoisotopic (exact) mass is 220 g/mol. The van der Waals surface area contributed by atoms with Gasteiger partial charge < -0.3 is 5.32 Å². The lowest BCUT2D eigenvalue weighted by Gasteiger charge is -2.15. The third kappa shape index (κ3) is 2.18. The Labute approximate surface area is 88.9 Å². The maximum Gasteiger partial charge on any atom is 0.0434 e. The molecule has 2 aliphatic heterocycles.